The van der Waals surface area contributed by atoms with Crippen LogP contribution >= 0.6 is 0 Å². The molecule has 112 valence electrons. The van der Waals surface area contributed by atoms with Gasteiger partial charge in [-0.3, -0.25) is 0 Å². The molecule has 3 aromatic heterocycles. The smallest absolute Gasteiger partial charge is 0.227 e. The van der Waals surface area contributed by atoms with E-state index in [1.807, 2.05) is 19.9 Å². The van der Waals surface area contributed by atoms with Crippen molar-refractivity contribution in [2.75, 3.05) is 11.1 Å². The van der Waals surface area contributed by atoms with E-state index in [0.29, 0.717) is 23.2 Å². The lowest BCUT2D eigenvalue weighted by atomic mass is 10.1. The van der Waals surface area contributed by atoms with Gasteiger partial charge in [-0.05, 0) is 25.5 Å². The number of aryl methyl sites for hydroxylation is 2. The molecule has 0 aromatic carbocycles. The first-order valence-corrected chi connectivity index (χ1v) is 6.64. The van der Waals surface area contributed by atoms with Crippen molar-refractivity contribution in [2.45, 2.75) is 20.4 Å². The van der Waals surface area contributed by atoms with Crippen LogP contribution in [0.15, 0.2) is 18.5 Å². The highest BCUT2D eigenvalue weighted by Gasteiger charge is 2.10. The van der Waals surface area contributed by atoms with E-state index in [9.17, 15) is 4.39 Å². The monoisotopic (exact) mass is 299 g/mol. The van der Waals surface area contributed by atoms with Gasteiger partial charge in [0.1, 0.15) is 11.6 Å². The molecule has 22 heavy (non-hydrogen) atoms. The summed E-state index contributed by atoms with van der Waals surface area (Å²) in [6.45, 7) is 4.09. The van der Waals surface area contributed by atoms with E-state index in [1.165, 1.54) is 0 Å². The van der Waals surface area contributed by atoms with Crippen molar-refractivity contribution in [1.29, 1.82) is 0 Å². The molecule has 0 saturated carbocycles. The van der Waals surface area contributed by atoms with Gasteiger partial charge in [0.2, 0.25) is 5.95 Å². The number of fused-ring (bicyclic) bond motifs is 1. The van der Waals surface area contributed by atoms with E-state index in [4.69, 9.17) is 5.73 Å². The van der Waals surface area contributed by atoms with E-state index in [-0.39, 0.29) is 6.54 Å². The first-order chi connectivity index (χ1) is 10.5. The zero-order valence-electron chi connectivity index (χ0n) is 12.1. The van der Waals surface area contributed by atoms with Crippen molar-refractivity contribution in [3.63, 3.8) is 0 Å². The minimum absolute atomic E-state index is 0.260. The van der Waals surface area contributed by atoms with Gasteiger partial charge in [0.25, 0.3) is 0 Å². The lowest BCUT2D eigenvalue weighted by Gasteiger charge is -2.09. The van der Waals surface area contributed by atoms with Gasteiger partial charge in [-0.25, -0.2) is 19.3 Å². The number of nitrogen functional groups attached to an aromatic ring is 1. The Morgan fingerprint density at radius 1 is 1.14 bits per heavy atom. The highest BCUT2D eigenvalue weighted by Crippen LogP contribution is 2.22. The number of nitrogens with one attached hydrogen (secondary N) is 1. The Morgan fingerprint density at radius 3 is 2.59 bits per heavy atom. The second kappa shape index (κ2) is 5.47. The van der Waals surface area contributed by atoms with Gasteiger partial charge in [-0.15, -0.1) is 0 Å². The molecule has 0 aliphatic carbocycles. The van der Waals surface area contributed by atoms with Crippen LogP contribution in [0.25, 0.3) is 11.0 Å². The molecule has 0 amide bonds. The predicted molar refractivity (Wildman–Crippen MR) is 80.5 cm³/mol. The van der Waals surface area contributed by atoms with Gasteiger partial charge in [-0.1, -0.05) is 0 Å². The average molecular weight is 299 g/mol. The molecule has 3 aromatic rings. The summed E-state index contributed by atoms with van der Waals surface area (Å²) >= 11 is 0. The number of hydrogen-bond donors (Lipinski definition) is 2. The molecule has 3 N–H and O–H groups in total. The van der Waals surface area contributed by atoms with Gasteiger partial charge in [0.05, 0.1) is 24.3 Å². The van der Waals surface area contributed by atoms with Crippen molar-refractivity contribution >= 4 is 22.8 Å². The maximum Gasteiger partial charge on any atom is 0.227 e. The Kier molecular flexibility index (Phi) is 3.50. The highest BCUT2D eigenvalue weighted by atomic mass is 19.1. The fraction of sp³-hybridized carbons (Fsp3) is 0.214. The van der Waals surface area contributed by atoms with Crippen LogP contribution in [0.1, 0.15) is 17.1 Å². The molecule has 0 saturated heterocycles. The second-order valence-electron chi connectivity index (χ2n) is 4.88. The summed E-state index contributed by atoms with van der Waals surface area (Å²) in [5.74, 6) is 0.634. The zero-order valence-corrected chi connectivity index (χ0v) is 12.1. The van der Waals surface area contributed by atoms with Gasteiger partial charge in [0, 0.05) is 5.69 Å². The molecule has 0 bridgehead atoms. The second-order valence-corrected chi connectivity index (χ2v) is 4.88. The van der Waals surface area contributed by atoms with Gasteiger partial charge in [-0.2, -0.15) is 9.97 Å². The molecule has 0 aliphatic heterocycles. The van der Waals surface area contributed by atoms with Crippen molar-refractivity contribution in [2.24, 2.45) is 0 Å². The molecule has 3 rings (SSSR count). The van der Waals surface area contributed by atoms with Crippen LogP contribution < -0.4 is 11.1 Å². The minimum Gasteiger partial charge on any atom is -0.383 e. The summed E-state index contributed by atoms with van der Waals surface area (Å²) in [6.07, 6.45) is 2.21. The summed E-state index contributed by atoms with van der Waals surface area (Å²) < 4.78 is 12.8. The SMILES string of the molecule is Cc1cc(C)c2c(N)nc(NCc3ncc(F)cn3)nc2n1. The molecule has 8 heteroatoms. The van der Waals surface area contributed by atoms with E-state index >= 15 is 0 Å². The maximum atomic E-state index is 12.8. The van der Waals surface area contributed by atoms with Crippen LogP contribution in [0.4, 0.5) is 16.2 Å². The Hall–Kier alpha value is -2.90. The Bertz CT molecular complexity index is 833. The van der Waals surface area contributed by atoms with E-state index in [0.717, 1.165) is 29.0 Å². The number of nitrogens with two attached hydrogens (primary N) is 1. The van der Waals surface area contributed by atoms with Gasteiger partial charge >= 0.3 is 0 Å². The van der Waals surface area contributed by atoms with Crippen LogP contribution in [0, 0.1) is 19.7 Å². The van der Waals surface area contributed by atoms with Gasteiger partial charge < -0.3 is 11.1 Å². The molecule has 0 atom stereocenters. The lowest BCUT2D eigenvalue weighted by Crippen LogP contribution is -2.09. The Labute approximate surface area is 125 Å². The van der Waals surface area contributed by atoms with Crippen LogP contribution in [-0.2, 0) is 6.54 Å². The molecule has 0 aliphatic rings. The van der Waals surface area contributed by atoms with E-state index in [2.05, 4.69) is 30.2 Å². The number of pyridine rings is 1. The number of aromatic nitrogens is 5. The molecule has 0 unspecified atom stereocenters. The highest BCUT2D eigenvalue weighted by molar-refractivity contribution is 5.89. The minimum atomic E-state index is -0.481. The van der Waals surface area contributed by atoms with Crippen molar-refractivity contribution in [3.8, 4) is 0 Å². The van der Waals surface area contributed by atoms with E-state index < -0.39 is 5.82 Å². The molecule has 3 heterocycles. The number of hydrogen-bond acceptors (Lipinski definition) is 7. The van der Waals surface area contributed by atoms with Crippen molar-refractivity contribution < 1.29 is 4.39 Å². The number of nitrogens with zero attached hydrogens (tertiary/aromatic N) is 5. The summed E-state index contributed by atoms with van der Waals surface area (Å²) in [4.78, 5) is 20.6. The summed E-state index contributed by atoms with van der Waals surface area (Å²) in [7, 11) is 0. The third-order valence-electron chi connectivity index (χ3n) is 3.10. The van der Waals surface area contributed by atoms with Crippen molar-refractivity contribution in [1.82, 2.24) is 24.9 Å². The molecular weight excluding hydrogens is 285 g/mol. The fourth-order valence-corrected chi connectivity index (χ4v) is 2.18. The van der Waals surface area contributed by atoms with Crippen LogP contribution in [0.3, 0.4) is 0 Å². The lowest BCUT2D eigenvalue weighted by molar-refractivity contribution is 0.609. The standard InChI is InChI=1S/C14H14FN7/c1-7-3-8(2)20-13-11(7)12(16)21-14(22-13)19-6-10-17-4-9(15)5-18-10/h3-5H,6H2,1-2H3,(H3,16,19,20,21,22). The average Bonchev–Trinajstić information content (AvgIpc) is 2.45. The first-order valence-electron chi connectivity index (χ1n) is 6.64. The van der Waals surface area contributed by atoms with Crippen LogP contribution in [0.2, 0.25) is 0 Å². The fourth-order valence-electron chi connectivity index (χ4n) is 2.18. The molecular formula is C14H14FN7. The third-order valence-corrected chi connectivity index (χ3v) is 3.10. The van der Waals surface area contributed by atoms with Crippen LogP contribution in [-0.4, -0.2) is 24.9 Å². The van der Waals surface area contributed by atoms with E-state index in [1.54, 1.807) is 0 Å². The molecule has 0 fully saturated rings. The molecule has 0 spiro atoms. The number of anilines is 2. The normalized spacial score (nSPS) is 10.9. The maximum absolute atomic E-state index is 12.8. The number of rotatable bonds is 3. The Morgan fingerprint density at radius 2 is 1.86 bits per heavy atom. The quantitative estimate of drug-likeness (QED) is 0.759. The largest absolute Gasteiger partial charge is 0.383 e. The summed E-state index contributed by atoms with van der Waals surface area (Å²) in [6, 6.07) is 1.93. The Balaban J connectivity index is 1.89. The van der Waals surface area contributed by atoms with Crippen LogP contribution in [0.5, 0.6) is 0 Å². The molecule has 0 radical (unpaired) electrons. The summed E-state index contributed by atoms with van der Waals surface area (Å²) in [5.41, 5.74) is 8.36. The topological polar surface area (TPSA) is 102 Å². The first kappa shape index (κ1) is 14.1. The molecule has 7 nitrogen and oxygen atoms in total. The summed E-state index contributed by atoms with van der Waals surface area (Å²) in [5, 5.41) is 3.71. The van der Waals surface area contributed by atoms with Gasteiger partial charge in [0.15, 0.2) is 11.5 Å². The van der Waals surface area contributed by atoms with Crippen molar-refractivity contribution in [3.05, 3.63) is 41.4 Å². The zero-order chi connectivity index (χ0) is 15.7. The predicted octanol–water partition coefficient (Wildman–Crippen LogP) is 1.77. The third kappa shape index (κ3) is 2.76. The number of halogens is 1.